The number of hydrogen-bond donors (Lipinski definition) is 1. The first-order chi connectivity index (χ1) is 9.39. The average molecular weight is 274 g/mol. The summed E-state index contributed by atoms with van der Waals surface area (Å²) in [4.78, 5) is 22.3. The summed E-state index contributed by atoms with van der Waals surface area (Å²) in [7, 11) is 0. The zero-order valence-electron chi connectivity index (χ0n) is 11.6. The topological polar surface area (TPSA) is 72.2 Å². The lowest BCUT2D eigenvalue weighted by Gasteiger charge is -2.45. The molecule has 2 bridgehead atoms. The zero-order chi connectivity index (χ0) is 14.5. The molecule has 1 aromatic rings. The van der Waals surface area contributed by atoms with Crippen molar-refractivity contribution in [3.8, 4) is 0 Å². The lowest BCUT2D eigenvalue weighted by atomic mass is 9.61. The molecule has 3 atom stereocenters. The minimum Gasteiger partial charge on any atom is -0.349 e. The van der Waals surface area contributed by atoms with Crippen LogP contribution >= 0.6 is 0 Å². The van der Waals surface area contributed by atoms with Gasteiger partial charge in [-0.2, -0.15) is 0 Å². The smallest absolute Gasteiger partial charge is 0.269 e. The van der Waals surface area contributed by atoms with Crippen LogP contribution < -0.4 is 5.32 Å². The number of nitrogens with zero attached hydrogens (tertiary/aromatic N) is 1. The molecule has 5 heteroatoms. The van der Waals surface area contributed by atoms with E-state index < -0.39 is 4.92 Å². The molecule has 3 aliphatic rings. The van der Waals surface area contributed by atoms with E-state index in [0.717, 1.165) is 12.3 Å². The molecular weight excluding hydrogens is 256 g/mol. The molecule has 0 spiro atoms. The van der Waals surface area contributed by atoms with Crippen molar-refractivity contribution in [2.24, 2.45) is 17.3 Å². The van der Waals surface area contributed by atoms with Gasteiger partial charge in [0.25, 0.3) is 11.6 Å². The van der Waals surface area contributed by atoms with Gasteiger partial charge in [0, 0.05) is 23.7 Å². The van der Waals surface area contributed by atoms with Crippen molar-refractivity contribution in [1.29, 1.82) is 0 Å². The van der Waals surface area contributed by atoms with E-state index in [1.165, 1.54) is 30.7 Å². The maximum absolute atomic E-state index is 12.2. The van der Waals surface area contributed by atoms with E-state index in [-0.39, 0.29) is 17.6 Å². The molecule has 0 heterocycles. The molecule has 1 aromatic carbocycles. The van der Waals surface area contributed by atoms with Crippen molar-refractivity contribution in [3.63, 3.8) is 0 Å². The fourth-order valence-corrected chi connectivity index (χ4v) is 3.76. The van der Waals surface area contributed by atoms with E-state index in [0.29, 0.717) is 16.9 Å². The molecule has 4 rings (SSSR count). The van der Waals surface area contributed by atoms with Crippen LogP contribution in [0.5, 0.6) is 0 Å². The van der Waals surface area contributed by atoms with Crippen molar-refractivity contribution in [1.82, 2.24) is 5.32 Å². The van der Waals surface area contributed by atoms with Crippen LogP contribution in [0.2, 0.25) is 0 Å². The van der Waals surface area contributed by atoms with Crippen molar-refractivity contribution in [2.75, 3.05) is 0 Å². The first-order valence-corrected chi connectivity index (χ1v) is 6.95. The van der Waals surface area contributed by atoms with Gasteiger partial charge in [-0.3, -0.25) is 14.9 Å². The number of fused-ring (bicyclic) bond motifs is 1. The van der Waals surface area contributed by atoms with Gasteiger partial charge < -0.3 is 5.32 Å². The highest BCUT2D eigenvalue weighted by atomic mass is 16.6. The highest BCUT2D eigenvalue weighted by Gasteiger charge is 2.58. The molecule has 1 amide bonds. The highest BCUT2D eigenvalue weighted by Crippen LogP contribution is 2.61. The Morgan fingerprint density at radius 1 is 1.30 bits per heavy atom. The van der Waals surface area contributed by atoms with Gasteiger partial charge in [0.2, 0.25) is 0 Å². The molecule has 3 aliphatic carbocycles. The molecule has 0 aromatic heterocycles. The van der Waals surface area contributed by atoms with Gasteiger partial charge in [-0.15, -0.1) is 0 Å². The minimum atomic E-state index is -0.462. The number of amides is 1. The van der Waals surface area contributed by atoms with Gasteiger partial charge >= 0.3 is 0 Å². The standard InChI is InChI=1S/C15H18N2O3/c1-15(2)10-7-12(15)13(8-10)16-14(18)9-3-5-11(6-4-9)17(19)20/h3-6,10,12-13H,7-8H2,1-2H3,(H,16,18). The molecule has 20 heavy (non-hydrogen) atoms. The predicted octanol–water partition coefficient (Wildman–Crippen LogP) is 2.76. The van der Waals surface area contributed by atoms with Crippen molar-refractivity contribution < 1.29 is 9.72 Å². The van der Waals surface area contributed by atoms with Crippen LogP contribution in [0.4, 0.5) is 5.69 Å². The average Bonchev–Trinajstić information content (AvgIpc) is 2.94. The van der Waals surface area contributed by atoms with Gasteiger partial charge in [-0.1, -0.05) is 13.8 Å². The Labute approximate surface area is 117 Å². The van der Waals surface area contributed by atoms with Crippen molar-refractivity contribution in [2.45, 2.75) is 32.7 Å². The number of non-ortho nitro benzene ring substituents is 1. The van der Waals surface area contributed by atoms with Gasteiger partial charge in [0.1, 0.15) is 0 Å². The minimum absolute atomic E-state index is 0.00538. The largest absolute Gasteiger partial charge is 0.349 e. The van der Waals surface area contributed by atoms with Crippen molar-refractivity contribution >= 4 is 11.6 Å². The van der Waals surface area contributed by atoms with Crippen LogP contribution in [0.15, 0.2) is 24.3 Å². The number of carbonyl (C=O) groups is 1. The third-order valence-electron chi connectivity index (χ3n) is 5.23. The number of hydrogen-bond acceptors (Lipinski definition) is 3. The molecule has 5 nitrogen and oxygen atoms in total. The number of benzene rings is 1. The quantitative estimate of drug-likeness (QED) is 0.680. The Bertz CT molecular complexity index is 565. The van der Waals surface area contributed by atoms with Crippen LogP contribution in [-0.2, 0) is 0 Å². The second kappa shape index (κ2) is 4.30. The van der Waals surface area contributed by atoms with E-state index in [4.69, 9.17) is 0 Å². The number of carbonyl (C=O) groups excluding carboxylic acids is 1. The summed E-state index contributed by atoms with van der Waals surface area (Å²) in [5.74, 6) is 1.15. The molecule has 3 fully saturated rings. The Balaban J connectivity index is 1.67. The second-order valence-electron chi connectivity index (χ2n) is 6.48. The van der Waals surface area contributed by atoms with Crippen LogP contribution in [0.1, 0.15) is 37.0 Å². The SMILES string of the molecule is CC1(C)C2CC(NC(=O)c3ccc([N+](=O)[O-])cc3)C1C2. The van der Waals surface area contributed by atoms with E-state index in [1.807, 2.05) is 0 Å². The summed E-state index contributed by atoms with van der Waals surface area (Å²) in [5.41, 5.74) is 0.830. The summed E-state index contributed by atoms with van der Waals surface area (Å²) in [5, 5.41) is 13.7. The van der Waals surface area contributed by atoms with Crippen LogP contribution in [0.3, 0.4) is 0 Å². The Hall–Kier alpha value is -1.91. The fourth-order valence-electron chi connectivity index (χ4n) is 3.76. The molecule has 0 saturated heterocycles. The molecule has 1 N–H and O–H groups in total. The fraction of sp³-hybridized carbons (Fsp3) is 0.533. The summed E-state index contributed by atoms with van der Waals surface area (Å²) in [6.07, 6.45) is 2.26. The van der Waals surface area contributed by atoms with Gasteiger partial charge in [0.05, 0.1) is 4.92 Å². The van der Waals surface area contributed by atoms with Crippen LogP contribution in [0.25, 0.3) is 0 Å². The third kappa shape index (κ3) is 1.88. The van der Waals surface area contributed by atoms with Gasteiger partial charge in [0.15, 0.2) is 0 Å². The highest BCUT2D eigenvalue weighted by molar-refractivity contribution is 5.94. The number of rotatable bonds is 3. The van der Waals surface area contributed by atoms with E-state index >= 15 is 0 Å². The Morgan fingerprint density at radius 3 is 2.40 bits per heavy atom. The molecule has 106 valence electrons. The Kier molecular flexibility index (Phi) is 2.81. The third-order valence-corrected chi connectivity index (χ3v) is 5.23. The Morgan fingerprint density at radius 2 is 1.95 bits per heavy atom. The van der Waals surface area contributed by atoms with Crippen LogP contribution in [-0.4, -0.2) is 16.9 Å². The predicted molar refractivity (Wildman–Crippen MR) is 74.3 cm³/mol. The molecule has 3 saturated carbocycles. The maximum Gasteiger partial charge on any atom is 0.269 e. The van der Waals surface area contributed by atoms with Gasteiger partial charge in [-0.25, -0.2) is 0 Å². The van der Waals surface area contributed by atoms with E-state index in [2.05, 4.69) is 19.2 Å². The first-order valence-electron chi connectivity index (χ1n) is 6.95. The second-order valence-corrected chi connectivity index (χ2v) is 6.48. The maximum atomic E-state index is 12.2. The molecule has 0 aliphatic heterocycles. The monoisotopic (exact) mass is 274 g/mol. The summed E-state index contributed by atoms with van der Waals surface area (Å²) in [6.45, 7) is 4.54. The number of nitro benzene ring substituents is 1. The number of nitro groups is 1. The lowest BCUT2D eigenvalue weighted by Crippen LogP contribution is -2.44. The summed E-state index contributed by atoms with van der Waals surface area (Å²) >= 11 is 0. The summed E-state index contributed by atoms with van der Waals surface area (Å²) < 4.78 is 0. The molecule has 3 unspecified atom stereocenters. The van der Waals surface area contributed by atoms with E-state index in [9.17, 15) is 14.9 Å². The van der Waals surface area contributed by atoms with Crippen molar-refractivity contribution in [3.05, 3.63) is 39.9 Å². The molecular formula is C15H18N2O3. The normalized spacial score (nSPS) is 29.6. The van der Waals surface area contributed by atoms with Crippen LogP contribution in [0, 0.1) is 27.4 Å². The molecule has 0 radical (unpaired) electrons. The zero-order valence-corrected chi connectivity index (χ0v) is 11.6. The first kappa shape index (κ1) is 13.1. The lowest BCUT2D eigenvalue weighted by molar-refractivity contribution is -0.384. The van der Waals surface area contributed by atoms with E-state index in [1.54, 1.807) is 0 Å². The number of nitrogens with one attached hydrogen (secondary N) is 1. The van der Waals surface area contributed by atoms with Gasteiger partial charge in [-0.05, 0) is 42.2 Å². The summed E-state index contributed by atoms with van der Waals surface area (Å²) in [6, 6.07) is 6.01.